The summed E-state index contributed by atoms with van der Waals surface area (Å²) in [5, 5.41) is 8.13. The standard InChI is InChI=1S/C33H31N3O2/c1-24-12-6-7-17-28(24)36-32-26(22-35-33-27(32)16-10-20-31(33)37-2)15-11-21-34-29-18-8-9-19-30(29)38-23-25-13-4-3-5-14-25/h3-20,22,34H,21,23H2,1-2H3,(H,35,36). The van der Waals surface area contributed by atoms with E-state index >= 15 is 0 Å². The Balaban J connectivity index is 1.36. The molecule has 38 heavy (non-hydrogen) atoms. The molecule has 1 aromatic heterocycles. The molecule has 190 valence electrons. The molecule has 4 aromatic carbocycles. The zero-order valence-corrected chi connectivity index (χ0v) is 21.6. The Morgan fingerprint density at radius 3 is 2.34 bits per heavy atom. The summed E-state index contributed by atoms with van der Waals surface area (Å²) in [6, 6.07) is 32.5. The number of nitrogens with one attached hydrogen (secondary N) is 2. The molecule has 1 heterocycles. The molecule has 0 atom stereocenters. The highest BCUT2D eigenvalue weighted by atomic mass is 16.5. The van der Waals surface area contributed by atoms with Crippen LogP contribution >= 0.6 is 0 Å². The number of fused-ring (bicyclic) bond motifs is 1. The number of hydrogen-bond donors (Lipinski definition) is 2. The first kappa shape index (κ1) is 24.9. The number of aryl methyl sites for hydroxylation is 1. The summed E-state index contributed by atoms with van der Waals surface area (Å²) in [4.78, 5) is 4.72. The maximum atomic E-state index is 6.09. The quantitative estimate of drug-likeness (QED) is 0.203. The first-order valence-electron chi connectivity index (χ1n) is 12.7. The van der Waals surface area contributed by atoms with Gasteiger partial charge in [-0.1, -0.05) is 84.9 Å². The Hall–Kier alpha value is -4.77. The SMILES string of the molecule is COc1cccc2c(Nc3ccccc3C)c(C=CCNc3ccccc3OCc3ccccc3)cnc12. The van der Waals surface area contributed by atoms with Crippen molar-refractivity contribution in [1.29, 1.82) is 0 Å². The van der Waals surface area contributed by atoms with Gasteiger partial charge >= 0.3 is 0 Å². The lowest BCUT2D eigenvalue weighted by atomic mass is 10.1. The number of hydrogen-bond acceptors (Lipinski definition) is 5. The minimum absolute atomic E-state index is 0.523. The average Bonchev–Trinajstić information content (AvgIpc) is 2.96. The number of para-hydroxylation sites is 4. The largest absolute Gasteiger partial charge is 0.494 e. The minimum atomic E-state index is 0.523. The lowest BCUT2D eigenvalue weighted by Crippen LogP contribution is -2.03. The van der Waals surface area contributed by atoms with Crippen molar-refractivity contribution in [3.63, 3.8) is 0 Å². The first-order chi connectivity index (χ1) is 18.7. The van der Waals surface area contributed by atoms with Crippen LogP contribution in [0.1, 0.15) is 16.7 Å². The molecule has 0 radical (unpaired) electrons. The summed E-state index contributed by atoms with van der Waals surface area (Å²) in [7, 11) is 1.67. The molecule has 5 nitrogen and oxygen atoms in total. The van der Waals surface area contributed by atoms with Gasteiger partial charge in [0.25, 0.3) is 0 Å². The van der Waals surface area contributed by atoms with E-state index in [1.54, 1.807) is 7.11 Å². The van der Waals surface area contributed by atoms with E-state index in [0.717, 1.165) is 50.6 Å². The third kappa shape index (κ3) is 5.79. The van der Waals surface area contributed by atoms with Gasteiger partial charge in [-0.3, -0.25) is 4.98 Å². The van der Waals surface area contributed by atoms with Gasteiger partial charge in [-0.05, 0) is 42.3 Å². The van der Waals surface area contributed by atoms with Gasteiger partial charge in [-0.15, -0.1) is 0 Å². The fraction of sp³-hybridized carbons (Fsp3) is 0.121. The van der Waals surface area contributed by atoms with E-state index in [1.165, 1.54) is 5.56 Å². The summed E-state index contributed by atoms with van der Waals surface area (Å²) in [5.74, 6) is 1.57. The van der Waals surface area contributed by atoms with Crippen LogP contribution in [0.5, 0.6) is 11.5 Å². The van der Waals surface area contributed by atoms with E-state index in [1.807, 2.05) is 72.9 Å². The average molecular weight is 502 g/mol. The summed E-state index contributed by atoms with van der Waals surface area (Å²) in [5.41, 5.74) is 7.12. The normalized spacial score (nSPS) is 11.0. The molecule has 5 heteroatoms. The maximum absolute atomic E-state index is 6.09. The number of nitrogens with zero attached hydrogens (tertiary/aromatic N) is 1. The molecule has 0 aliphatic rings. The molecular weight excluding hydrogens is 470 g/mol. The van der Waals surface area contributed by atoms with E-state index in [9.17, 15) is 0 Å². The van der Waals surface area contributed by atoms with Gasteiger partial charge in [0, 0.05) is 29.4 Å². The molecule has 0 saturated heterocycles. The summed E-state index contributed by atoms with van der Waals surface area (Å²) in [6.07, 6.45) is 6.08. The van der Waals surface area contributed by atoms with Crippen LogP contribution in [0.4, 0.5) is 17.1 Å². The van der Waals surface area contributed by atoms with E-state index in [0.29, 0.717) is 13.2 Å². The number of aromatic nitrogens is 1. The highest BCUT2D eigenvalue weighted by Gasteiger charge is 2.12. The summed E-state index contributed by atoms with van der Waals surface area (Å²) < 4.78 is 11.7. The topological polar surface area (TPSA) is 55.4 Å². The molecule has 0 amide bonds. The number of ether oxygens (including phenoxy) is 2. The van der Waals surface area contributed by atoms with Crippen molar-refractivity contribution >= 4 is 34.0 Å². The third-order valence-electron chi connectivity index (χ3n) is 6.35. The molecule has 0 aliphatic heterocycles. The van der Waals surface area contributed by atoms with Crippen LogP contribution in [-0.2, 0) is 6.61 Å². The van der Waals surface area contributed by atoms with Crippen molar-refractivity contribution < 1.29 is 9.47 Å². The van der Waals surface area contributed by atoms with Crippen LogP contribution in [0.2, 0.25) is 0 Å². The van der Waals surface area contributed by atoms with Crippen LogP contribution in [-0.4, -0.2) is 18.6 Å². The van der Waals surface area contributed by atoms with Gasteiger partial charge in [-0.25, -0.2) is 0 Å². The van der Waals surface area contributed by atoms with Crippen molar-refractivity contribution in [2.75, 3.05) is 24.3 Å². The Morgan fingerprint density at radius 2 is 1.53 bits per heavy atom. The second-order valence-electron chi connectivity index (χ2n) is 8.94. The monoisotopic (exact) mass is 501 g/mol. The van der Waals surface area contributed by atoms with Crippen molar-refractivity contribution in [3.05, 3.63) is 126 Å². The molecule has 5 aromatic rings. The summed E-state index contributed by atoms with van der Waals surface area (Å²) in [6.45, 7) is 3.25. The molecule has 0 aliphatic carbocycles. The van der Waals surface area contributed by atoms with Crippen molar-refractivity contribution in [2.24, 2.45) is 0 Å². The van der Waals surface area contributed by atoms with E-state index < -0.39 is 0 Å². The number of pyridine rings is 1. The van der Waals surface area contributed by atoms with Crippen molar-refractivity contribution in [1.82, 2.24) is 4.98 Å². The fourth-order valence-corrected chi connectivity index (χ4v) is 4.32. The number of rotatable bonds is 10. The molecule has 0 bridgehead atoms. The number of anilines is 3. The molecular formula is C33H31N3O2. The van der Waals surface area contributed by atoms with Crippen LogP contribution in [0.3, 0.4) is 0 Å². The fourth-order valence-electron chi connectivity index (χ4n) is 4.32. The lowest BCUT2D eigenvalue weighted by molar-refractivity contribution is 0.307. The number of benzene rings is 4. The van der Waals surface area contributed by atoms with E-state index in [2.05, 4.69) is 60.0 Å². The third-order valence-corrected chi connectivity index (χ3v) is 6.35. The number of methoxy groups -OCH3 is 1. The van der Waals surface area contributed by atoms with Gasteiger partial charge in [0.15, 0.2) is 0 Å². The molecule has 0 fully saturated rings. The highest BCUT2D eigenvalue weighted by molar-refractivity contribution is 6.00. The Labute approximate surface area is 223 Å². The molecule has 0 saturated carbocycles. The smallest absolute Gasteiger partial charge is 0.145 e. The zero-order valence-electron chi connectivity index (χ0n) is 21.6. The summed E-state index contributed by atoms with van der Waals surface area (Å²) >= 11 is 0. The first-order valence-corrected chi connectivity index (χ1v) is 12.7. The van der Waals surface area contributed by atoms with E-state index in [-0.39, 0.29) is 0 Å². The highest BCUT2D eigenvalue weighted by Crippen LogP contribution is 2.35. The predicted molar refractivity (Wildman–Crippen MR) is 157 cm³/mol. The van der Waals surface area contributed by atoms with Gasteiger partial charge in [0.2, 0.25) is 0 Å². The maximum Gasteiger partial charge on any atom is 0.145 e. The second-order valence-corrected chi connectivity index (χ2v) is 8.94. The van der Waals surface area contributed by atoms with Gasteiger partial charge in [0.05, 0.1) is 18.5 Å². The Bertz CT molecular complexity index is 1550. The van der Waals surface area contributed by atoms with Crippen LogP contribution < -0.4 is 20.1 Å². The van der Waals surface area contributed by atoms with Crippen LogP contribution in [0.25, 0.3) is 17.0 Å². The Kier molecular flexibility index (Phi) is 7.85. The zero-order chi connectivity index (χ0) is 26.2. The van der Waals surface area contributed by atoms with Crippen LogP contribution in [0, 0.1) is 6.92 Å². The second kappa shape index (κ2) is 12.0. The van der Waals surface area contributed by atoms with Gasteiger partial charge in [-0.2, -0.15) is 0 Å². The molecule has 0 spiro atoms. The molecule has 5 rings (SSSR count). The predicted octanol–water partition coefficient (Wildman–Crippen LogP) is 8.00. The molecule has 2 N–H and O–H groups in total. The van der Waals surface area contributed by atoms with Crippen molar-refractivity contribution in [2.45, 2.75) is 13.5 Å². The minimum Gasteiger partial charge on any atom is -0.494 e. The Morgan fingerprint density at radius 1 is 0.789 bits per heavy atom. The van der Waals surface area contributed by atoms with E-state index in [4.69, 9.17) is 14.5 Å². The lowest BCUT2D eigenvalue weighted by Gasteiger charge is -2.16. The van der Waals surface area contributed by atoms with Crippen molar-refractivity contribution in [3.8, 4) is 11.5 Å². The van der Waals surface area contributed by atoms with Crippen LogP contribution in [0.15, 0.2) is 109 Å². The van der Waals surface area contributed by atoms with Gasteiger partial charge in [0.1, 0.15) is 23.6 Å². The van der Waals surface area contributed by atoms with Gasteiger partial charge < -0.3 is 20.1 Å². The molecule has 0 unspecified atom stereocenters.